The second-order valence-electron chi connectivity index (χ2n) is 5.30. The van der Waals surface area contributed by atoms with E-state index in [1.54, 1.807) is 12.1 Å². The van der Waals surface area contributed by atoms with Crippen LogP contribution in [0.25, 0.3) is 0 Å². The summed E-state index contributed by atoms with van der Waals surface area (Å²) in [6.45, 7) is 2.47. The van der Waals surface area contributed by atoms with Crippen LogP contribution in [-0.4, -0.2) is 33.1 Å². The van der Waals surface area contributed by atoms with Crippen LogP contribution >= 0.6 is 0 Å². The van der Waals surface area contributed by atoms with E-state index in [0.717, 1.165) is 6.42 Å². The van der Waals surface area contributed by atoms with E-state index < -0.39 is 26.9 Å². The molecule has 6 heteroatoms. The number of nitrogens with one attached hydrogen (secondary N) is 1. The van der Waals surface area contributed by atoms with Gasteiger partial charge in [0.2, 0.25) is 0 Å². The van der Waals surface area contributed by atoms with Crippen molar-refractivity contribution in [3.8, 4) is 5.75 Å². The first-order valence-corrected chi connectivity index (χ1v) is 9.00. The van der Waals surface area contributed by atoms with Gasteiger partial charge in [0, 0.05) is 5.56 Å². The highest BCUT2D eigenvalue weighted by Crippen LogP contribution is 2.34. The van der Waals surface area contributed by atoms with Gasteiger partial charge >= 0.3 is 0 Å². The topological polar surface area (TPSA) is 55.4 Å². The molecule has 1 heterocycles. The molecule has 0 radical (unpaired) electrons. The maximum atomic E-state index is 14.5. The molecule has 1 aliphatic heterocycles. The van der Waals surface area contributed by atoms with Gasteiger partial charge in [0.15, 0.2) is 21.4 Å². The van der Waals surface area contributed by atoms with Crippen molar-refractivity contribution in [1.82, 2.24) is 5.32 Å². The molecule has 0 aliphatic carbocycles. The Morgan fingerprint density at radius 3 is 2.81 bits per heavy atom. The molecule has 2 unspecified atom stereocenters. The lowest BCUT2D eigenvalue weighted by Gasteiger charge is -2.31. The van der Waals surface area contributed by atoms with Crippen LogP contribution < -0.4 is 10.1 Å². The zero-order valence-electron chi connectivity index (χ0n) is 12.4. The largest absolute Gasteiger partial charge is 0.494 e. The Bertz CT molecular complexity index is 589. The lowest BCUT2D eigenvalue weighted by Crippen LogP contribution is -2.41. The zero-order valence-corrected chi connectivity index (χ0v) is 13.2. The molecule has 1 fully saturated rings. The molecule has 0 amide bonds. The summed E-state index contributed by atoms with van der Waals surface area (Å²) in [5, 5.41) is 2.57. The Morgan fingerprint density at radius 2 is 2.19 bits per heavy atom. The quantitative estimate of drug-likeness (QED) is 0.907. The van der Waals surface area contributed by atoms with Crippen molar-refractivity contribution >= 4 is 9.84 Å². The van der Waals surface area contributed by atoms with Crippen molar-refractivity contribution in [3.05, 3.63) is 29.6 Å². The van der Waals surface area contributed by atoms with Crippen molar-refractivity contribution in [2.24, 2.45) is 0 Å². The fraction of sp³-hybridized carbons (Fsp3) is 0.600. The van der Waals surface area contributed by atoms with Crippen LogP contribution in [-0.2, 0) is 9.84 Å². The highest BCUT2D eigenvalue weighted by Gasteiger charge is 2.37. The number of ether oxygens (including phenoxy) is 1. The van der Waals surface area contributed by atoms with Gasteiger partial charge in [-0.3, -0.25) is 0 Å². The number of rotatable bonds is 5. The van der Waals surface area contributed by atoms with Crippen LogP contribution in [0.2, 0.25) is 0 Å². The molecule has 1 saturated heterocycles. The number of halogens is 1. The van der Waals surface area contributed by atoms with E-state index >= 15 is 0 Å². The summed E-state index contributed by atoms with van der Waals surface area (Å²) >= 11 is 0. The van der Waals surface area contributed by atoms with Crippen molar-refractivity contribution in [2.45, 2.75) is 37.5 Å². The number of hydrogen-bond donors (Lipinski definition) is 1. The van der Waals surface area contributed by atoms with Gasteiger partial charge in [-0.25, -0.2) is 12.8 Å². The molecule has 0 aromatic heterocycles. The van der Waals surface area contributed by atoms with Crippen LogP contribution in [0.4, 0.5) is 4.39 Å². The minimum atomic E-state index is -3.20. The Kier molecular flexibility index (Phi) is 5.22. The third-order valence-electron chi connectivity index (χ3n) is 3.97. The average molecular weight is 315 g/mol. The summed E-state index contributed by atoms with van der Waals surface area (Å²) in [6.07, 6.45) is 2.12. The molecule has 1 aromatic rings. The van der Waals surface area contributed by atoms with Crippen LogP contribution in [0, 0.1) is 5.82 Å². The molecule has 0 saturated carbocycles. The van der Waals surface area contributed by atoms with Crippen LogP contribution in [0.3, 0.4) is 0 Å². The molecule has 0 spiro atoms. The smallest absolute Gasteiger partial charge is 0.169 e. The third-order valence-corrected chi connectivity index (χ3v) is 6.26. The first-order chi connectivity index (χ1) is 10.0. The van der Waals surface area contributed by atoms with Gasteiger partial charge < -0.3 is 10.1 Å². The van der Waals surface area contributed by atoms with Crippen LogP contribution in [0.1, 0.15) is 37.8 Å². The fourth-order valence-corrected chi connectivity index (χ4v) is 5.03. The average Bonchev–Trinajstić information content (AvgIpc) is 2.45. The molecule has 2 rings (SSSR count). The molecule has 2 atom stereocenters. The summed E-state index contributed by atoms with van der Waals surface area (Å²) < 4.78 is 44.2. The Morgan fingerprint density at radius 1 is 1.43 bits per heavy atom. The third kappa shape index (κ3) is 3.37. The van der Waals surface area contributed by atoms with E-state index in [1.807, 2.05) is 6.92 Å². The van der Waals surface area contributed by atoms with E-state index in [2.05, 4.69) is 5.32 Å². The number of benzene rings is 1. The molecule has 21 heavy (non-hydrogen) atoms. The van der Waals surface area contributed by atoms with Gasteiger partial charge in [-0.15, -0.1) is 0 Å². The monoisotopic (exact) mass is 315 g/mol. The van der Waals surface area contributed by atoms with E-state index in [-0.39, 0.29) is 11.5 Å². The Balaban J connectivity index is 2.44. The SMILES string of the molecule is CCNC(c1cccc(OC)c1F)C1CCCCS1(=O)=O. The molecular formula is C15H22FNO3S. The zero-order chi connectivity index (χ0) is 15.5. The molecular weight excluding hydrogens is 293 g/mol. The van der Waals surface area contributed by atoms with Crippen LogP contribution in [0.5, 0.6) is 5.75 Å². The second-order valence-corrected chi connectivity index (χ2v) is 7.64. The normalized spacial score (nSPS) is 22.7. The van der Waals surface area contributed by atoms with Crippen molar-refractivity contribution < 1.29 is 17.5 Å². The summed E-state index contributed by atoms with van der Waals surface area (Å²) in [4.78, 5) is 0. The summed E-state index contributed by atoms with van der Waals surface area (Å²) in [7, 11) is -1.79. The molecule has 1 N–H and O–H groups in total. The van der Waals surface area contributed by atoms with Crippen molar-refractivity contribution in [3.63, 3.8) is 0 Å². The van der Waals surface area contributed by atoms with Gasteiger partial charge in [-0.1, -0.05) is 25.5 Å². The minimum absolute atomic E-state index is 0.142. The minimum Gasteiger partial charge on any atom is -0.494 e. The van der Waals surface area contributed by atoms with Gasteiger partial charge in [0.05, 0.1) is 24.2 Å². The first kappa shape index (κ1) is 16.2. The number of methoxy groups -OCH3 is 1. The van der Waals surface area contributed by atoms with Gasteiger partial charge in [0.25, 0.3) is 0 Å². The van der Waals surface area contributed by atoms with E-state index in [1.165, 1.54) is 13.2 Å². The van der Waals surface area contributed by atoms with Crippen LogP contribution in [0.15, 0.2) is 18.2 Å². The highest BCUT2D eigenvalue weighted by atomic mass is 32.2. The molecule has 4 nitrogen and oxygen atoms in total. The maximum Gasteiger partial charge on any atom is 0.169 e. The summed E-state index contributed by atoms with van der Waals surface area (Å²) in [6, 6.07) is 4.33. The first-order valence-electron chi connectivity index (χ1n) is 7.28. The lowest BCUT2D eigenvalue weighted by molar-refractivity contribution is 0.375. The Hall–Kier alpha value is -1.14. The van der Waals surface area contributed by atoms with E-state index in [4.69, 9.17) is 4.74 Å². The maximum absolute atomic E-state index is 14.5. The number of hydrogen-bond acceptors (Lipinski definition) is 4. The van der Waals surface area contributed by atoms with Gasteiger partial charge in [-0.2, -0.15) is 0 Å². The Labute approximate surface area is 125 Å². The highest BCUT2D eigenvalue weighted by molar-refractivity contribution is 7.92. The molecule has 1 aliphatic rings. The van der Waals surface area contributed by atoms with Gasteiger partial charge in [-0.05, 0) is 25.5 Å². The predicted octanol–water partition coefficient (Wildman–Crippen LogP) is 2.45. The summed E-state index contributed by atoms with van der Waals surface area (Å²) in [5.74, 6) is -0.152. The van der Waals surface area contributed by atoms with Crippen molar-refractivity contribution in [2.75, 3.05) is 19.4 Å². The second kappa shape index (κ2) is 6.75. The predicted molar refractivity (Wildman–Crippen MR) is 80.8 cm³/mol. The van der Waals surface area contributed by atoms with Gasteiger partial charge in [0.1, 0.15) is 0 Å². The van der Waals surface area contributed by atoms with E-state index in [0.29, 0.717) is 24.9 Å². The number of sulfone groups is 1. The molecule has 118 valence electrons. The van der Waals surface area contributed by atoms with E-state index in [9.17, 15) is 12.8 Å². The fourth-order valence-electron chi connectivity index (χ4n) is 2.94. The summed E-state index contributed by atoms with van der Waals surface area (Å²) in [5.41, 5.74) is 0.367. The molecule has 0 bridgehead atoms. The molecule has 1 aromatic carbocycles. The standard InChI is InChI=1S/C15H22FNO3S/c1-3-17-15(13-9-4-5-10-21(13,18)19)11-7-6-8-12(20-2)14(11)16/h6-8,13,15,17H,3-5,9-10H2,1-2H3. The van der Waals surface area contributed by atoms with Crippen molar-refractivity contribution in [1.29, 1.82) is 0 Å². The lowest BCUT2D eigenvalue weighted by atomic mass is 9.98.